The molecule has 3 rings (SSSR count). The van der Waals surface area contributed by atoms with Crippen molar-refractivity contribution in [2.75, 3.05) is 44.6 Å². The van der Waals surface area contributed by atoms with Crippen LogP contribution in [0.1, 0.15) is 13.3 Å². The van der Waals surface area contributed by atoms with E-state index in [1.54, 1.807) is 13.1 Å². The molecule has 0 saturated carbocycles. The summed E-state index contributed by atoms with van der Waals surface area (Å²) in [6, 6.07) is 7.77. The van der Waals surface area contributed by atoms with E-state index < -0.39 is 0 Å². The van der Waals surface area contributed by atoms with Crippen molar-refractivity contribution >= 4 is 39.7 Å². The van der Waals surface area contributed by atoms with Gasteiger partial charge in [-0.25, -0.2) is 0 Å². The Morgan fingerprint density at radius 2 is 1.96 bits per heavy atom. The van der Waals surface area contributed by atoms with Crippen molar-refractivity contribution in [2.24, 2.45) is 0 Å². The summed E-state index contributed by atoms with van der Waals surface area (Å²) in [5, 5.41) is 20.9. The van der Waals surface area contributed by atoms with Gasteiger partial charge in [-0.2, -0.15) is 0 Å². The Kier molecular flexibility index (Phi) is 6.06. The molecule has 0 aliphatic carbocycles. The zero-order valence-electron chi connectivity index (χ0n) is 15.1. The van der Waals surface area contributed by atoms with Crippen LogP contribution < -0.4 is 5.32 Å². The van der Waals surface area contributed by atoms with Crippen molar-refractivity contribution < 1.29 is 0 Å². The maximum absolute atomic E-state index is 8.06. The van der Waals surface area contributed by atoms with Crippen molar-refractivity contribution in [1.29, 1.82) is 10.8 Å². The maximum Gasteiger partial charge on any atom is 0.102 e. The molecular formula is C19H25ClN6. The van der Waals surface area contributed by atoms with Crippen molar-refractivity contribution in [3.63, 3.8) is 0 Å². The molecule has 0 spiro atoms. The Morgan fingerprint density at radius 3 is 2.69 bits per heavy atom. The zero-order chi connectivity index (χ0) is 18.5. The lowest BCUT2D eigenvalue weighted by molar-refractivity contribution is 0.186. The molecule has 6 nitrogen and oxygen atoms in total. The van der Waals surface area contributed by atoms with E-state index in [-0.39, 0.29) is 0 Å². The summed E-state index contributed by atoms with van der Waals surface area (Å²) in [5.41, 5.74) is 2.53. The Labute approximate surface area is 159 Å². The van der Waals surface area contributed by atoms with Gasteiger partial charge in [-0.3, -0.25) is 15.3 Å². The summed E-state index contributed by atoms with van der Waals surface area (Å²) < 4.78 is 0. The van der Waals surface area contributed by atoms with E-state index in [9.17, 15) is 0 Å². The number of hydrogen-bond acceptors (Lipinski definition) is 5. The smallest absolute Gasteiger partial charge is 0.102 e. The molecule has 1 aromatic carbocycles. The third-order valence-corrected chi connectivity index (χ3v) is 4.87. The fourth-order valence-corrected chi connectivity index (χ4v) is 3.39. The van der Waals surface area contributed by atoms with Crippen molar-refractivity contribution in [2.45, 2.75) is 13.3 Å². The third-order valence-electron chi connectivity index (χ3n) is 4.63. The van der Waals surface area contributed by atoms with Crippen molar-refractivity contribution in [3.05, 3.63) is 35.5 Å². The second-order valence-electron chi connectivity index (χ2n) is 6.68. The van der Waals surface area contributed by atoms with Crippen molar-refractivity contribution in [1.82, 2.24) is 14.8 Å². The van der Waals surface area contributed by atoms with Gasteiger partial charge in [-0.15, -0.1) is 0 Å². The second-order valence-corrected chi connectivity index (χ2v) is 7.12. The summed E-state index contributed by atoms with van der Waals surface area (Å²) in [5.74, 6) is 0.567. The first-order chi connectivity index (χ1) is 12.5. The van der Waals surface area contributed by atoms with Gasteiger partial charge in [0.05, 0.1) is 5.52 Å². The van der Waals surface area contributed by atoms with E-state index in [4.69, 9.17) is 22.4 Å². The van der Waals surface area contributed by atoms with E-state index in [0.29, 0.717) is 23.0 Å². The van der Waals surface area contributed by atoms with Crippen LogP contribution in [0, 0.1) is 10.8 Å². The van der Waals surface area contributed by atoms with Gasteiger partial charge in [-0.05, 0) is 31.2 Å². The highest BCUT2D eigenvalue weighted by Crippen LogP contribution is 2.24. The minimum Gasteiger partial charge on any atom is -0.383 e. The molecular weight excluding hydrogens is 348 g/mol. The Hall–Kier alpha value is -2.18. The van der Waals surface area contributed by atoms with E-state index in [1.165, 1.54) is 0 Å². The van der Waals surface area contributed by atoms with E-state index in [0.717, 1.165) is 55.9 Å². The summed E-state index contributed by atoms with van der Waals surface area (Å²) in [4.78, 5) is 8.87. The summed E-state index contributed by atoms with van der Waals surface area (Å²) in [6.45, 7) is 7.21. The van der Waals surface area contributed by atoms with Crippen LogP contribution in [0.3, 0.4) is 0 Å². The number of anilines is 1. The molecule has 7 heteroatoms. The Balaban J connectivity index is 1.48. The standard InChI is InChI=1S/C19H25ClN6/c1-14(21)12-19(22)26-10-8-25(9-11-26)7-6-24-17-4-5-23-18-13-15(20)2-3-16(17)18/h2-5,13,21-22H,6-12H2,1H3,(H,23,24). The van der Waals surface area contributed by atoms with Crippen molar-refractivity contribution in [3.8, 4) is 0 Å². The average Bonchev–Trinajstić information content (AvgIpc) is 2.61. The molecule has 0 atom stereocenters. The molecule has 0 amide bonds. The van der Waals surface area contributed by atoms with Crippen LogP contribution in [0.5, 0.6) is 0 Å². The maximum atomic E-state index is 8.06. The molecule has 26 heavy (non-hydrogen) atoms. The topological polar surface area (TPSA) is 79.1 Å². The largest absolute Gasteiger partial charge is 0.383 e. The van der Waals surface area contributed by atoms with Gasteiger partial charge in [0.2, 0.25) is 0 Å². The zero-order valence-corrected chi connectivity index (χ0v) is 15.8. The van der Waals surface area contributed by atoms with E-state index in [2.05, 4.69) is 20.1 Å². The van der Waals surface area contributed by atoms with Crippen LogP contribution >= 0.6 is 11.6 Å². The fraction of sp³-hybridized carbons (Fsp3) is 0.421. The number of piperazine rings is 1. The number of amidine groups is 1. The first-order valence-electron chi connectivity index (χ1n) is 8.90. The number of pyridine rings is 1. The second kappa shape index (κ2) is 8.47. The molecule has 0 unspecified atom stereocenters. The number of rotatable bonds is 6. The number of benzene rings is 1. The number of hydrogen-bond donors (Lipinski definition) is 3. The van der Waals surface area contributed by atoms with Crippen LogP contribution in [0.2, 0.25) is 5.02 Å². The minimum absolute atomic E-state index is 0.459. The number of nitrogens with one attached hydrogen (secondary N) is 3. The molecule has 138 valence electrons. The molecule has 1 aliphatic rings. The normalized spacial score (nSPS) is 15.2. The highest BCUT2D eigenvalue weighted by molar-refractivity contribution is 6.31. The first kappa shape index (κ1) is 18.6. The lowest BCUT2D eigenvalue weighted by Gasteiger charge is -2.36. The molecule has 1 aliphatic heterocycles. The van der Waals surface area contributed by atoms with E-state index >= 15 is 0 Å². The number of halogens is 1. The molecule has 2 heterocycles. The van der Waals surface area contributed by atoms with Crippen LogP contribution in [0.4, 0.5) is 5.69 Å². The average molecular weight is 373 g/mol. The van der Waals surface area contributed by atoms with Gasteiger partial charge in [0, 0.05) is 73.7 Å². The highest BCUT2D eigenvalue weighted by Gasteiger charge is 2.18. The lowest BCUT2D eigenvalue weighted by Crippen LogP contribution is -2.49. The van der Waals surface area contributed by atoms with Crippen LogP contribution in [0.15, 0.2) is 30.5 Å². The molecule has 0 bridgehead atoms. The van der Waals surface area contributed by atoms with Gasteiger partial charge in [0.1, 0.15) is 5.84 Å². The number of aromatic nitrogens is 1. The third kappa shape index (κ3) is 4.71. The molecule has 0 radical (unpaired) electrons. The first-order valence-corrected chi connectivity index (χ1v) is 9.27. The number of fused-ring (bicyclic) bond motifs is 1. The van der Waals surface area contributed by atoms with Gasteiger partial charge in [0.15, 0.2) is 0 Å². The van der Waals surface area contributed by atoms with E-state index in [1.807, 2.05) is 24.3 Å². The van der Waals surface area contributed by atoms with Gasteiger partial charge in [-0.1, -0.05) is 11.6 Å². The predicted molar refractivity (Wildman–Crippen MR) is 109 cm³/mol. The minimum atomic E-state index is 0.459. The SMILES string of the molecule is CC(=N)CC(=N)N1CCN(CCNc2ccnc3cc(Cl)ccc23)CC1. The fourth-order valence-electron chi connectivity index (χ4n) is 3.23. The van der Waals surface area contributed by atoms with Crippen LogP contribution in [-0.2, 0) is 0 Å². The number of nitrogens with zero attached hydrogens (tertiary/aromatic N) is 3. The summed E-state index contributed by atoms with van der Waals surface area (Å²) in [7, 11) is 0. The van der Waals surface area contributed by atoms with Crippen LogP contribution in [0.25, 0.3) is 10.9 Å². The van der Waals surface area contributed by atoms with Gasteiger partial charge < -0.3 is 15.6 Å². The summed E-state index contributed by atoms with van der Waals surface area (Å²) in [6.07, 6.45) is 2.26. The molecule has 1 aromatic heterocycles. The summed E-state index contributed by atoms with van der Waals surface area (Å²) >= 11 is 6.04. The molecule has 2 aromatic rings. The molecule has 3 N–H and O–H groups in total. The quantitative estimate of drug-likeness (QED) is 0.536. The Morgan fingerprint density at radius 1 is 1.19 bits per heavy atom. The van der Waals surface area contributed by atoms with Gasteiger partial charge in [0.25, 0.3) is 0 Å². The molecule has 1 saturated heterocycles. The van der Waals surface area contributed by atoms with Crippen LogP contribution in [-0.4, -0.2) is 65.6 Å². The lowest BCUT2D eigenvalue weighted by atomic mass is 10.2. The van der Waals surface area contributed by atoms with Gasteiger partial charge >= 0.3 is 0 Å². The highest BCUT2D eigenvalue weighted by atomic mass is 35.5. The molecule has 1 fully saturated rings. The Bertz CT molecular complexity index is 798. The predicted octanol–water partition coefficient (Wildman–Crippen LogP) is 3.32. The monoisotopic (exact) mass is 372 g/mol.